The first kappa shape index (κ1) is 17.4. The van der Waals surface area contributed by atoms with Gasteiger partial charge in [0, 0.05) is 45.9 Å². The van der Waals surface area contributed by atoms with Crippen molar-refractivity contribution in [3.05, 3.63) is 35.4 Å². The van der Waals surface area contributed by atoms with Crippen LogP contribution in [0.1, 0.15) is 15.9 Å². The summed E-state index contributed by atoms with van der Waals surface area (Å²) in [5.74, 6) is -0.205. The quantitative estimate of drug-likeness (QED) is 0.800. The van der Waals surface area contributed by atoms with Gasteiger partial charge in [0.1, 0.15) is 0 Å². The molecule has 2 aliphatic heterocycles. The lowest BCUT2D eigenvalue weighted by atomic mass is 9.96. The van der Waals surface area contributed by atoms with Gasteiger partial charge in [-0.05, 0) is 23.5 Å². The van der Waals surface area contributed by atoms with Gasteiger partial charge in [-0.15, -0.1) is 0 Å². The molecule has 1 aromatic carbocycles. The number of carbonyl (C=O) groups is 1. The van der Waals surface area contributed by atoms with Gasteiger partial charge >= 0.3 is 5.97 Å². The topological polar surface area (TPSA) is 73.2 Å². The molecule has 2 atom stereocenters. The number of carboxylic acids is 1. The highest BCUT2D eigenvalue weighted by molar-refractivity contribution is 5.89. The van der Waals surface area contributed by atoms with Gasteiger partial charge in [-0.25, -0.2) is 4.79 Å². The molecule has 6 heteroatoms. The smallest absolute Gasteiger partial charge is 0.336 e. The molecule has 0 saturated carbocycles. The minimum Gasteiger partial charge on any atom is -0.478 e. The summed E-state index contributed by atoms with van der Waals surface area (Å²) in [7, 11) is 0. The van der Waals surface area contributed by atoms with Crippen LogP contribution in [0.3, 0.4) is 0 Å². The number of benzene rings is 1. The molecule has 2 saturated heterocycles. The van der Waals surface area contributed by atoms with Crippen LogP contribution >= 0.6 is 0 Å². The van der Waals surface area contributed by atoms with E-state index in [0.717, 1.165) is 51.5 Å². The number of nitrogens with zero attached hydrogens (tertiary/aromatic N) is 2. The van der Waals surface area contributed by atoms with E-state index in [2.05, 4.69) is 9.80 Å². The Bertz CT molecular complexity index is 560. The van der Waals surface area contributed by atoms with Crippen LogP contribution in [0.5, 0.6) is 0 Å². The molecule has 6 nitrogen and oxygen atoms in total. The molecule has 24 heavy (non-hydrogen) atoms. The van der Waals surface area contributed by atoms with E-state index in [4.69, 9.17) is 4.74 Å². The van der Waals surface area contributed by atoms with Gasteiger partial charge in [-0.1, -0.05) is 18.2 Å². The highest BCUT2D eigenvalue weighted by atomic mass is 16.5. The van der Waals surface area contributed by atoms with E-state index in [1.54, 1.807) is 12.1 Å². The average Bonchev–Trinajstić information content (AvgIpc) is 2.97. The Kier molecular flexibility index (Phi) is 5.84. The van der Waals surface area contributed by atoms with Crippen molar-refractivity contribution in [3.63, 3.8) is 0 Å². The van der Waals surface area contributed by atoms with Gasteiger partial charge in [-0.2, -0.15) is 0 Å². The van der Waals surface area contributed by atoms with Gasteiger partial charge in [0.05, 0.1) is 18.8 Å². The molecule has 0 spiro atoms. The zero-order valence-electron chi connectivity index (χ0n) is 13.9. The van der Waals surface area contributed by atoms with Gasteiger partial charge in [-0.3, -0.25) is 9.80 Å². The average molecular weight is 334 g/mol. The lowest BCUT2D eigenvalue weighted by Gasteiger charge is -2.30. The van der Waals surface area contributed by atoms with Crippen molar-refractivity contribution in [2.24, 2.45) is 11.8 Å². The van der Waals surface area contributed by atoms with Crippen LogP contribution in [-0.4, -0.2) is 78.5 Å². The molecule has 0 unspecified atom stereocenters. The molecule has 0 aliphatic carbocycles. The van der Waals surface area contributed by atoms with Crippen molar-refractivity contribution in [2.45, 2.75) is 6.54 Å². The van der Waals surface area contributed by atoms with E-state index in [1.165, 1.54) is 0 Å². The summed E-state index contributed by atoms with van der Waals surface area (Å²) in [5, 5.41) is 19.1. The van der Waals surface area contributed by atoms with Crippen LogP contribution in [0.2, 0.25) is 0 Å². The Morgan fingerprint density at radius 1 is 1.12 bits per heavy atom. The van der Waals surface area contributed by atoms with Crippen LogP contribution in [0.25, 0.3) is 0 Å². The molecule has 3 rings (SSSR count). The van der Waals surface area contributed by atoms with Gasteiger partial charge < -0.3 is 14.9 Å². The molecule has 132 valence electrons. The molecule has 2 N–H and O–H groups in total. The predicted molar refractivity (Wildman–Crippen MR) is 90.0 cm³/mol. The van der Waals surface area contributed by atoms with Crippen LogP contribution < -0.4 is 0 Å². The molecule has 2 fully saturated rings. The Balaban J connectivity index is 1.62. The SMILES string of the molecule is O=C(O)c1ccccc1CN1C[C@@H](CO)[C@@H](CN2CCOCC2)C1. The summed E-state index contributed by atoms with van der Waals surface area (Å²) in [6, 6.07) is 7.18. The largest absolute Gasteiger partial charge is 0.478 e. The number of ether oxygens (including phenoxy) is 1. The predicted octanol–water partition coefficient (Wildman–Crippen LogP) is 0.757. The van der Waals surface area contributed by atoms with Crippen LogP contribution in [0.4, 0.5) is 0 Å². The van der Waals surface area contributed by atoms with E-state index in [-0.39, 0.29) is 12.5 Å². The highest BCUT2D eigenvalue weighted by Gasteiger charge is 2.34. The Labute approximate surface area is 142 Å². The van der Waals surface area contributed by atoms with Crippen molar-refractivity contribution in [3.8, 4) is 0 Å². The first-order valence-electron chi connectivity index (χ1n) is 8.62. The third kappa shape index (κ3) is 4.13. The molecule has 0 bridgehead atoms. The second-order valence-electron chi connectivity index (χ2n) is 6.77. The van der Waals surface area contributed by atoms with E-state index in [9.17, 15) is 15.0 Å². The number of aromatic carboxylic acids is 1. The fourth-order valence-electron chi connectivity index (χ4n) is 3.80. The van der Waals surface area contributed by atoms with Crippen LogP contribution in [0.15, 0.2) is 24.3 Å². The lowest BCUT2D eigenvalue weighted by molar-refractivity contribution is 0.0264. The Morgan fingerprint density at radius 3 is 2.54 bits per heavy atom. The molecule has 2 heterocycles. The van der Waals surface area contributed by atoms with Crippen LogP contribution in [0, 0.1) is 11.8 Å². The molecule has 0 radical (unpaired) electrons. The number of morpholine rings is 1. The number of aliphatic hydroxyl groups is 1. The van der Waals surface area contributed by atoms with Crippen LogP contribution in [-0.2, 0) is 11.3 Å². The zero-order valence-corrected chi connectivity index (χ0v) is 13.9. The second kappa shape index (κ2) is 8.07. The van der Waals surface area contributed by atoms with Gasteiger partial charge in [0.2, 0.25) is 0 Å². The molecule has 0 aromatic heterocycles. The third-order valence-corrected chi connectivity index (χ3v) is 5.12. The first-order valence-corrected chi connectivity index (χ1v) is 8.62. The Hall–Kier alpha value is -1.47. The van der Waals surface area contributed by atoms with Crippen molar-refractivity contribution >= 4 is 5.97 Å². The van der Waals surface area contributed by atoms with E-state index >= 15 is 0 Å². The zero-order chi connectivity index (χ0) is 16.9. The van der Waals surface area contributed by atoms with Crippen molar-refractivity contribution in [1.29, 1.82) is 0 Å². The third-order valence-electron chi connectivity index (χ3n) is 5.12. The summed E-state index contributed by atoms with van der Waals surface area (Å²) in [6.07, 6.45) is 0. The molecule has 0 amide bonds. The van der Waals surface area contributed by atoms with Crippen molar-refractivity contribution in [1.82, 2.24) is 9.80 Å². The molecule has 2 aliphatic rings. The molecular weight excluding hydrogens is 308 g/mol. The standard InChI is InChI=1S/C18H26N2O4/c21-13-16-12-20(9-14-3-1-2-4-17(14)18(22)23)11-15(16)10-19-5-7-24-8-6-19/h1-4,15-16,21H,5-13H2,(H,22,23)/t15-,16-/m0/s1. The summed E-state index contributed by atoms with van der Waals surface area (Å²) in [6.45, 7) is 6.98. The van der Waals surface area contributed by atoms with Gasteiger partial charge in [0.15, 0.2) is 0 Å². The van der Waals surface area contributed by atoms with Crippen molar-refractivity contribution in [2.75, 3.05) is 52.5 Å². The maximum Gasteiger partial charge on any atom is 0.336 e. The summed E-state index contributed by atoms with van der Waals surface area (Å²) < 4.78 is 5.40. The second-order valence-corrected chi connectivity index (χ2v) is 6.77. The summed E-state index contributed by atoms with van der Waals surface area (Å²) in [5.41, 5.74) is 1.21. The lowest BCUT2D eigenvalue weighted by Crippen LogP contribution is -2.41. The number of carboxylic acid groups (broad SMARTS) is 1. The minimum absolute atomic E-state index is 0.187. The molecular formula is C18H26N2O4. The normalized spacial score (nSPS) is 25.9. The maximum atomic E-state index is 11.4. The van der Waals surface area contributed by atoms with E-state index in [1.807, 2.05) is 12.1 Å². The number of rotatable bonds is 6. The summed E-state index contributed by atoms with van der Waals surface area (Å²) in [4.78, 5) is 16.0. The maximum absolute atomic E-state index is 11.4. The number of hydrogen-bond donors (Lipinski definition) is 2. The summed E-state index contributed by atoms with van der Waals surface area (Å²) >= 11 is 0. The highest BCUT2D eigenvalue weighted by Crippen LogP contribution is 2.26. The molecule has 1 aromatic rings. The van der Waals surface area contributed by atoms with Gasteiger partial charge in [0.25, 0.3) is 0 Å². The first-order chi connectivity index (χ1) is 11.7. The van der Waals surface area contributed by atoms with Crippen molar-refractivity contribution < 1.29 is 19.7 Å². The minimum atomic E-state index is -0.881. The number of aliphatic hydroxyl groups excluding tert-OH is 1. The van der Waals surface area contributed by atoms with E-state index < -0.39 is 5.97 Å². The Morgan fingerprint density at radius 2 is 1.83 bits per heavy atom. The fraction of sp³-hybridized carbons (Fsp3) is 0.611. The van der Waals surface area contributed by atoms with E-state index in [0.29, 0.717) is 18.0 Å². The number of likely N-dealkylation sites (tertiary alicyclic amines) is 1. The fourth-order valence-corrected chi connectivity index (χ4v) is 3.80. The number of hydrogen-bond acceptors (Lipinski definition) is 5. The monoisotopic (exact) mass is 334 g/mol.